The van der Waals surface area contributed by atoms with Crippen LogP contribution in [0.2, 0.25) is 5.02 Å². The Morgan fingerprint density at radius 3 is 2.52 bits per heavy atom. The fourth-order valence-electron chi connectivity index (χ4n) is 2.71. The van der Waals surface area contributed by atoms with E-state index in [0.717, 1.165) is 5.56 Å². The first-order valence-electron chi connectivity index (χ1n) is 6.99. The van der Waals surface area contributed by atoms with Gasteiger partial charge in [-0.15, -0.1) is 0 Å². The maximum atomic E-state index is 12.5. The highest BCUT2D eigenvalue weighted by Gasteiger charge is 2.57. The zero-order chi connectivity index (χ0) is 15.0. The minimum Gasteiger partial charge on any atom is -0.370 e. The molecular formula is C15H17ClN2O3. The van der Waals surface area contributed by atoms with Gasteiger partial charge in [0.15, 0.2) is 0 Å². The van der Waals surface area contributed by atoms with Crippen LogP contribution in [0.25, 0.3) is 0 Å². The van der Waals surface area contributed by atoms with Crippen molar-refractivity contribution < 1.29 is 14.3 Å². The van der Waals surface area contributed by atoms with Gasteiger partial charge in [-0.25, -0.2) is 0 Å². The predicted octanol–water partition coefficient (Wildman–Crippen LogP) is 1.51. The smallest absolute Gasteiger partial charge is 0.238 e. The van der Waals surface area contributed by atoms with Crippen LogP contribution >= 0.6 is 11.6 Å². The molecule has 2 fully saturated rings. The fraction of sp³-hybridized carbons (Fsp3) is 0.467. The van der Waals surface area contributed by atoms with Gasteiger partial charge in [0, 0.05) is 11.6 Å². The number of carbonyl (C=O) groups excluding carboxylic acids is 2. The Labute approximate surface area is 128 Å². The van der Waals surface area contributed by atoms with E-state index >= 15 is 0 Å². The third-order valence-corrected chi connectivity index (χ3v) is 4.48. The van der Waals surface area contributed by atoms with Gasteiger partial charge in [0.25, 0.3) is 0 Å². The summed E-state index contributed by atoms with van der Waals surface area (Å²) in [6.07, 6.45) is 0.928. The maximum Gasteiger partial charge on any atom is 0.238 e. The number of nitrogens with two attached hydrogens (primary N) is 1. The molecule has 0 radical (unpaired) electrons. The Kier molecular flexibility index (Phi) is 3.63. The van der Waals surface area contributed by atoms with E-state index in [2.05, 4.69) is 0 Å². The molecule has 1 atom stereocenters. The first-order chi connectivity index (χ1) is 10.0. The molecule has 1 aromatic rings. The summed E-state index contributed by atoms with van der Waals surface area (Å²) in [7, 11) is 0. The topological polar surface area (TPSA) is 72.6 Å². The van der Waals surface area contributed by atoms with Crippen LogP contribution in [0.5, 0.6) is 0 Å². The third kappa shape index (κ3) is 2.63. The Morgan fingerprint density at radius 2 is 1.95 bits per heavy atom. The highest BCUT2D eigenvalue weighted by molar-refractivity contribution is 6.30. The van der Waals surface area contributed by atoms with Crippen LogP contribution in [-0.2, 0) is 14.3 Å². The summed E-state index contributed by atoms with van der Waals surface area (Å²) in [4.78, 5) is 25.7. The van der Waals surface area contributed by atoms with Gasteiger partial charge in [-0.05, 0) is 30.5 Å². The number of ether oxygens (including phenoxy) is 1. The molecule has 5 nitrogen and oxygen atoms in total. The number of primary amides is 1. The molecule has 1 saturated carbocycles. The average Bonchev–Trinajstić information content (AvgIpc) is 3.29. The van der Waals surface area contributed by atoms with Gasteiger partial charge < -0.3 is 15.4 Å². The molecule has 1 aliphatic heterocycles. The van der Waals surface area contributed by atoms with E-state index in [1.165, 1.54) is 0 Å². The van der Waals surface area contributed by atoms with Crippen molar-refractivity contribution >= 4 is 23.4 Å². The molecule has 6 heteroatoms. The van der Waals surface area contributed by atoms with Crippen LogP contribution in [0, 0.1) is 5.41 Å². The SMILES string of the molecule is NC(=O)C1(C(=O)N2CCOC(c3ccc(Cl)cc3)C2)CC1. The van der Waals surface area contributed by atoms with Crippen molar-refractivity contribution in [2.45, 2.75) is 18.9 Å². The lowest BCUT2D eigenvalue weighted by molar-refractivity contribution is -0.149. The van der Waals surface area contributed by atoms with Crippen molar-refractivity contribution in [2.24, 2.45) is 11.1 Å². The average molecular weight is 309 g/mol. The lowest BCUT2D eigenvalue weighted by Gasteiger charge is -2.34. The predicted molar refractivity (Wildman–Crippen MR) is 77.6 cm³/mol. The summed E-state index contributed by atoms with van der Waals surface area (Å²) < 4.78 is 5.72. The van der Waals surface area contributed by atoms with Crippen molar-refractivity contribution in [3.63, 3.8) is 0 Å². The normalized spacial score (nSPS) is 23.7. The molecule has 2 amide bonds. The van der Waals surface area contributed by atoms with E-state index in [4.69, 9.17) is 22.1 Å². The minimum absolute atomic E-state index is 0.155. The summed E-state index contributed by atoms with van der Waals surface area (Å²) in [6, 6.07) is 7.38. The zero-order valence-electron chi connectivity index (χ0n) is 11.5. The second kappa shape index (κ2) is 5.31. The molecular weight excluding hydrogens is 292 g/mol. The fourth-order valence-corrected chi connectivity index (χ4v) is 2.83. The molecule has 0 bridgehead atoms. The van der Waals surface area contributed by atoms with E-state index in [-0.39, 0.29) is 12.0 Å². The van der Waals surface area contributed by atoms with Crippen LogP contribution in [0.3, 0.4) is 0 Å². The number of hydrogen-bond donors (Lipinski definition) is 1. The number of rotatable bonds is 3. The molecule has 3 rings (SSSR count). The van der Waals surface area contributed by atoms with Crippen molar-refractivity contribution in [1.29, 1.82) is 0 Å². The number of nitrogens with zero attached hydrogens (tertiary/aromatic N) is 1. The summed E-state index contributed by atoms with van der Waals surface area (Å²) in [5.74, 6) is -0.667. The quantitative estimate of drug-likeness (QED) is 0.860. The molecule has 1 aliphatic carbocycles. The van der Waals surface area contributed by atoms with Gasteiger partial charge in [-0.3, -0.25) is 9.59 Å². The van der Waals surface area contributed by atoms with Crippen LogP contribution < -0.4 is 5.73 Å². The van der Waals surface area contributed by atoms with Gasteiger partial charge in [0.2, 0.25) is 11.8 Å². The summed E-state index contributed by atoms with van der Waals surface area (Å²) in [6.45, 7) is 1.39. The molecule has 0 spiro atoms. The Bertz CT molecular complexity index is 569. The molecule has 1 saturated heterocycles. The van der Waals surface area contributed by atoms with Crippen molar-refractivity contribution in [2.75, 3.05) is 19.7 Å². The number of hydrogen-bond acceptors (Lipinski definition) is 3. The van der Waals surface area contributed by atoms with Crippen molar-refractivity contribution in [3.8, 4) is 0 Å². The van der Waals surface area contributed by atoms with E-state index in [1.54, 1.807) is 17.0 Å². The summed E-state index contributed by atoms with van der Waals surface area (Å²) in [5.41, 5.74) is 5.39. The molecule has 1 aromatic carbocycles. The molecule has 112 valence electrons. The van der Waals surface area contributed by atoms with E-state index in [0.29, 0.717) is 37.6 Å². The first-order valence-corrected chi connectivity index (χ1v) is 7.37. The molecule has 21 heavy (non-hydrogen) atoms. The summed E-state index contributed by atoms with van der Waals surface area (Å²) in [5, 5.41) is 0.660. The number of amides is 2. The highest BCUT2D eigenvalue weighted by atomic mass is 35.5. The number of morpholine rings is 1. The zero-order valence-corrected chi connectivity index (χ0v) is 12.3. The Balaban J connectivity index is 1.73. The van der Waals surface area contributed by atoms with E-state index < -0.39 is 11.3 Å². The van der Waals surface area contributed by atoms with Crippen LogP contribution in [0.15, 0.2) is 24.3 Å². The van der Waals surface area contributed by atoms with Crippen LogP contribution in [0.1, 0.15) is 24.5 Å². The van der Waals surface area contributed by atoms with Gasteiger partial charge in [-0.2, -0.15) is 0 Å². The number of halogens is 1. The molecule has 0 aromatic heterocycles. The van der Waals surface area contributed by atoms with Crippen LogP contribution in [0.4, 0.5) is 0 Å². The van der Waals surface area contributed by atoms with Gasteiger partial charge in [0.05, 0.1) is 13.2 Å². The number of carbonyl (C=O) groups is 2. The second-order valence-electron chi connectivity index (χ2n) is 5.61. The first kappa shape index (κ1) is 14.4. The molecule has 2 N–H and O–H groups in total. The molecule has 1 unspecified atom stereocenters. The Morgan fingerprint density at radius 1 is 1.29 bits per heavy atom. The van der Waals surface area contributed by atoms with Crippen molar-refractivity contribution in [1.82, 2.24) is 4.90 Å². The third-order valence-electron chi connectivity index (χ3n) is 4.23. The lowest BCUT2D eigenvalue weighted by atomic mass is 10.0. The second-order valence-corrected chi connectivity index (χ2v) is 6.04. The number of benzene rings is 1. The standard InChI is InChI=1S/C15H17ClN2O3/c16-11-3-1-10(2-4-11)12-9-18(7-8-21-12)14(20)15(5-6-15)13(17)19/h1-4,12H,5-9H2,(H2,17,19). The van der Waals surface area contributed by atoms with Crippen molar-refractivity contribution in [3.05, 3.63) is 34.9 Å². The Hall–Kier alpha value is -1.59. The summed E-state index contributed by atoms with van der Waals surface area (Å²) >= 11 is 5.88. The molecule has 1 heterocycles. The van der Waals surface area contributed by atoms with E-state index in [9.17, 15) is 9.59 Å². The largest absolute Gasteiger partial charge is 0.370 e. The highest BCUT2D eigenvalue weighted by Crippen LogP contribution is 2.47. The minimum atomic E-state index is -0.956. The lowest BCUT2D eigenvalue weighted by Crippen LogP contribution is -2.48. The van der Waals surface area contributed by atoms with Gasteiger partial charge in [-0.1, -0.05) is 23.7 Å². The maximum absolute atomic E-state index is 12.5. The molecule has 2 aliphatic rings. The van der Waals surface area contributed by atoms with E-state index in [1.807, 2.05) is 12.1 Å². The van der Waals surface area contributed by atoms with Gasteiger partial charge >= 0.3 is 0 Å². The van der Waals surface area contributed by atoms with Gasteiger partial charge in [0.1, 0.15) is 11.5 Å². The van der Waals surface area contributed by atoms with Crippen LogP contribution in [-0.4, -0.2) is 36.4 Å². The monoisotopic (exact) mass is 308 g/mol.